The number of carbonyl (C=O) groups is 2. The number of nitrogens with one attached hydrogen (secondary N) is 1. The lowest BCUT2D eigenvalue weighted by Gasteiger charge is -2.07. The van der Waals surface area contributed by atoms with E-state index in [1.807, 2.05) is 54.1 Å². The first kappa shape index (κ1) is 18.1. The second-order valence-electron chi connectivity index (χ2n) is 5.55. The van der Waals surface area contributed by atoms with Crippen molar-refractivity contribution in [3.8, 4) is 11.1 Å². The molecule has 6 heteroatoms. The second kappa shape index (κ2) is 8.12. The van der Waals surface area contributed by atoms with Crippen LogP contribution in [0, 0.1) is 6.92 Å². The zero-order valence-corrected chi connectivity index (χ0v) is 15.9. The number of ether oxygens (including phenoxy) is 1. The van der Waals surface area contributed by atoms with Crippen LogP contribution >= 0.6 is 22.7 Å². The molecule has 1 N–H and O–H groups in total. The molecule has 3 rings (SSSR count). The maximum absolute atomic E-state index is 12.3. The number of rotatable bonds is 5. The summed E-state index contributed by atoms with van der Waals surface area (Å²) in [5, 5.41) is 7.07. The molecular formula is C20H17NO3S2. The standard InChI is InChI=1S/C20H17NO3S2/c1-13-5-7-14(8-6-13)16-12-26-19(18(16)20(23)24-2)21-17(22)10-9-15-4-3-11-25-15/h3-12H,1-2H3,(H,21,22). The molecule has 1 aromatic carbocycles. The minimum absolute atomic E-state index is 0.291. The van der Waals surface area contributed by atoms with E-state index in [1.54, 1.807) is 17.4 Å². The van der Waals surface area contributed by atoms with Gasteiger partial charge in [0.25, 0.3) is 0 Å². The highest BCUT2D eigenvalue weighted by Gasteiger charge is 2.21. The van der Waals surface area contributed by atoms with Crippen LogP contribution in [-0.2, 0) is 9.53 Å². The van der Waals surface area contributed by atoms with Crippen LogP contribution in [0.5, 0.6) is 0 Å². The van der Waals surface area contributed by atoms with Crippen LogP contribution in [0.15, 0.2) is 53.2 Å². The van der Waals surface area contributed by atoms with Crippen LogP contribution in [-0.4, -0.2) is 19.0 Å². The average molecular weight is 383 g/mol. The Morgan fingerprint density at radius 3 is 2.54 bits per heavy atom. The molecule has 0 saturated heterocycles. The summed E-state index contributed by atoms with van der Waals surface area (Å²) in [6.07, 6.45) is 3.20. The number of aryl methyl sites for hydroxylation is 1. The highest BCUT2D eigenvalue weighted by atomic mass is 32.1. The quantitative estimate of drug-likeness (QED) is 0.485. The van der Waals surface area contributed by atoms with Gasteiger partial charge >= 0.3 is 5.97 Å². The molecule has 0 unspecified atom stereocenters. The summed E-state index contributed by atoms with van der Waals surface area (Å²) in [6.45, 7) is 2.00. The Morgan fingerprint density at radius 1 is 1.12 bits per heavy atom. The van der Waals surface area contributed by atoms with Gasteiger partial charge in [-0.15, -0.1) is 22.7 Å². The van der Waals surface area contributed by atoms with E-state index in [0.29, 0.717) is 10.6 Å². The van der Waals surface area contributed by atoms with E-state index in [0.717, 1.165) is 21.6 Å². The molecule has 0 atom stereocenters. The molecule has 0 spiro atoms. The molecule has 2 aromatic heterocycles. The Kier molecular flexibility index (Phi) is 5.65. The van der Waals surface area contributed by atoms with Crippen molar-refractivity contribution >= 4 is 45.6 Å². The average Bonchev–Trinajstić information content (AvgIpc) is 3.30. The molecule has 26 heavy (non-hydrogen) atoms. The van der Waals surface area contributed by atoms with Crippen molar-refractivity contribution in [2.45, 2.75) is 6.92 Å². The van der Waals surface area contributed by atoms with Gasteiger partial charge in [0.05, 0.1) is 7.11 Å². The largest absolute Gasteiger partial charge is 0.465 e. The molecule has 3 aromatic rings. The van der Waals surface area contributed by atoms with Gasteiger partial charge < -0.3 is 10.1 Å². The summed E-state index contributed by atoms with van der Waals surface area (Å²) < 4.78 is 4.92. The fraction of sp³-hybridized carbons (Fsp3) is 0.100. The molecule has 0 saturated carbocycles. The second-order valence-corrected chi connectivity index (χ2v) is 7.41. The molecule has 0 aliphatic heterocycles. The third-order valence-electron chi connectivity index (χ3n) is 3.72. The molecule has 0 aliphatic rings. The van der Waals surface area contributed by atoms with Gasteiger partial charge in [0.1, 0.15) is 10.6 Å². The van der Waals surface area contributed by atoms with E-state index in [9.17, 15) is 9.59 Å². The van der Waals surface area contributed by atoms with Crippen LogP contribution in [0.1, 0.15) is 20.8 Å². The normalized spacial score (nSPS) is 10.8. The predicted octanol–water partition coefficient (Wildman–Crippen LogP) is 5.22. The van der Waals surface area contributed by atoms with Gasteiger partial charge in [-0.2, -0.15) is 0 Å². The first-order chi connectivity index (χ1) is 12.6. The van der Waals surface area contributed by atoms with Crippen molar-refractivity contribution in [2.75, 3.05) is 12.4 Å². The highest BCUT2D eigenvalue weighted by Crippen LogP contribution is 2.36. The molecule has 0 aliphatic carbocycles. The van der Waals surface area contributed by atoms with Crippen LogP contribution in [0.4, 0.5) is 5.00 Å². The topological polar surface area (TPSA) is 55.4 Å². The van der Waals surface area contributed by atoms with Gasteiger partial charge in [-0.25, -0.2) is 4.79 Å². The van der Waals surface area contributed by atoms with Gasteiger partial charge in [0.2, 0.25) is 5.91 Å². The van der Waals surface area contributed by atoms with E-state index < -0.39 is 5.97 Å². The number of carbonyl (C=O) groups excluding carboxylic acids is 2. The molecule has 1 amide bonds. The Balaban J connectivity index is 1.88. The fourth-order valence-electron chi connectivity index (χ4n) is 2.40. The number of hydrogen-bond acceptors (Lipinski definition) is 5. The van der Waals surface area contributed by atoms with Crippen LogP contribution < -0.4 is 5.32 Å². The number of benzene rings is 1. The Labute approximate surface area is 159 Å². The maximum Gasteiger partial charge on any atom is 0.341 e. The molecule has 0 fully saturated rings. The first-order valence-corrected chi connectivity index (χ1v) is 9.64. The number of anilines is 1. The van der Waals surface area contributed by atoms with E-state index >= 15 is 0 Å². The fourth-order valence-corrected chi connectivity index (χ4v) is 3.98. The summed E-state index contributed by atoms with van der Waals surface area (Å²) in [4.78, 5) is 25.5. The summed E-state index contributed by atoms with van der Waals surface area (Å²) in [5.74, 6) is -0.764. The number of methoxy groups -OCH3 is 1. The monoisotopic (exact) mass is 383 g/mol. The smallest absolute Gasteiger partial charge is 0.341 e. The molecule has 4 nitrogen and oxygen atoms in total. The van der Waals surface area contributed by atoms with E-state index in [4.69, 9.17) is 4.74 Å². The van der Waals surface area contributed by atoms with Crippen molar-refractivity contribution in [3.63, 3.8) is 0 Å². The summed E-state index contributed by atoms with van der Waals surface area (Å²) in [7, 11) is 1.33. The SMILES string of the molecule is COC(=O)c1c(-c2ccc(C)cc2)csc1NC(=O)C=Cc1cccs1. The zero-order chi connectivity index (χ0) is 18.5. The molecule has 0 bridgehead atoms. The molecule has 0 radical (unpaired) electrons. The van der Waals surface area contributed by atoms with E-state index in [-0.39, 0.29) is 5.91 Å². The lowest BCUT2D eigenvalue weighted by atomic mass is 10.0. The van der Waals surface area contributed by atoms with Crippen molar-refractivity contribution in [1.82, 2.24) is 0 Å². The molecule has 2 heterocycles. The lowest BCUT2D eigenvalue weighted by Crippen LogP contribution is -2.11. The third kappa shape index (κ3) is 4.09. The van der Waals surface area contributed by atoms with Gasteiger partial charge in [-0.05, 0) is 30.0 Å². The van der Waals surface area contributed by atoms with Gasteiger partial charge in [-0.1, -0.05) is 35.9 Å². The van der Waals surface area contributed by atoms with Crippen LogP contribution in [0.25, 0.3) is 17.2 Å². The zero-order valence-electron chi connectivity index (χ0n) is 14.3. The van der Waals surface area contributed by atoms with Crippen molar-refractivity contribution < 1.29 is 14.3 Å². The summed E-state index contributed by atoms with van der Waals surface area (Å²) in [6, 6.07) is 11.7. The van der Waals surface area contributed by atoms with Gasteiger partial charge in [0, 0.05) is 21.9 Å². The van der Waals surface area contributed by atoms with Crippen molar-refractivity contribution in [2.24, 2.45) is 0 Å². The predicted molar refractivity (Wildman–Crippen MR) is 108 cm³/mol. The minimum atomic E-state index is -0.473. The molecular weight excluding hydrogens is 366 g/mol. The van der Waals surface area contributed by atoms with E-state index in [2.05, 4.69) is 5.32 Å². The molecule has 132 valence electrons. The summed E-state index contributed by atoms with van der Waals surface area (Å²) >= 11 is 2.85. The van der Waals surface area contributed by atoms with Crippen LogP contribution in [0.3, 0.4) is 0 Å². The highest BCUT2D eigenvalue weighted by molar-refractivity contribution is 7.15. The Morgan fingerprint density at radius 2 is 1.88 bits per heavy atom. The van der Waals surface area contributed by atoms with Crippen LogP contribution in [0.2, 0.25) is 0 Å². The van der Waals surface area contributed by atoms with Gasteiger partial charge in [-0.3, -0.25) is 4.79 Å². The lowest BCUT2D eigenvalue weighted by molar-refractivity contribution is -0.111. The number of esters is 1. The van der Waals surface area contributed by atoms with Crippen molar-refractivity contribution in [3.05, 3.63) is 69.2 Å². The minimum Gasteiger partial charge on any atom is -0.465 e. The van der Waals surface area contributed by atoms with E-state index in [1.165, 1.54) is 24.5 Å². The third-order valence-corrected chi connectivity index (χ3v) is 5.45. The number of amides is 1. The summed E-state index contributed by atoms with van der Waals surface area (Å²) in [5.41, 5.74) is 3.16. The Hall–Kier alpha value is -2.70. The van der Waals surface area contributed by atoms with Crippen molar-refractivity contribution in [1.29, 1.82) is 0 Å². The van der Waals surface area contributed by atoms with Gasteiger partial charge in [0.15, 0.2) is 0 Å². The maximum atomic E-state index is 12.3. The Bertz CT molecular complexity index is 938. The number of hydrogen-bond donors (Lipinski definition) is 1. The number of thiophene rings is 2. The first-order valence-electron chi connectivity index (χ1n) is 7.88.